The molecule has 0 aromatic heterocycles. The van der Waals surface area contributed by atoms with Crippen molar-refractivity contribution < 1.29 is 14.3 Å². The maximum Gasteiger partial charge on any atom is 0.265 e. The van der Waals surface area contributed by atoms with Gasteiger partial charge in [0, 0.05) is 25.6 Å². The Kier molecular flexibility index (Phi) is 4.84. The monoisotopic (exact) mass is 364 g/mol. The zero-order valence-electron chi connectivity index (χ0n) is 15.6. The molecule has 5 heteroatoms. The van der Waals surface area contributed by atoms with Gasteiger partial charge < -0.3 is 14.5 Å². The molecule has 1 aliphatic carbocycles. The van der Waals surface area contributed by atoms with Gasteiger partial charge in [-0.1, -0.05) is 42.0 Å². The third-order valence-corrected chi connectivity index (χ3v) is 5.10. The molecular formula is C22H24N2O3. The van der Waals surface area contributed by atoms with Crippen molar-refractivity contribution in [3.05, 3.63) is 59.7 Å². The Morgan fingerprint density at radius 3 is 2.78 bits per heavy atom. The van der Waals surface area contributed by atoms with Crippen molar-refractivity contribution in [2.75, 3.05) is 18.1 Å². The van der Waals surface area contributed by atoms with Crippen molar-refractivity contribution >= 4 is 17.5 Å². The average molecular weight is 364 g/mol. The van der Waals surface area contributed by atoms with Crippen LogP contribution in [0.5, 0.6) is 5.75 Å². The van der Waals surface area contributed by atoms with Crippen LogP contribution in [0.15, 0.2) is 48.5 Å². The van der Waals surface area contributed by atoms with Crippen LogP contribution in [0, 0.1) is 6.92 Å². The van der Waals surface area contributed by atoms with Gasteiger partial charge in [-0.15, -0.1) is 0 Å². The predicted octanol–water partition coefficient (Wildman–Crippen LogP) is 3.30. The highest BCUT2D eigenvalue weighted by Gasteiger charge is 2.33. The lowest BCUT2D eigenvalue weighted by molar-refractivity contribution is -0.132. The predicted molar refractivity (Wildman–Crippen MR) is 104 cm³/mol. The Bertz CT molecular complexity index is 860. The molecule has 1 heterocycles. The second-order valence-corrected chi connectivity index (χ2v) is 7.29. The number of nitrogens with zero attached hydrogens (tertiary/aromatic N) is 2. The molecule has 4 rings (SSSR count). The van der Waals surface area contributed by atoms with Crippen LogP contribution in [0.3, 0.4) is 0 Å². The topological polar surface area (TPSA) is 49.9 Å². The van der Waals surface area contributed by atoms with Crippen molar-refractivity contribution in [2.45, 2.75) is 38.8 Å². The standard InChI is InChI=1S/C22H24N2O3/c1-16-5-4-6-17(13-16)14-24(18-9-10-18)21(25)11-12-23-19-7-2-3-8-20(19)27-15-22(23)26/h2-8,13,18H,9-12,14-15H2,1H3. The minimum absolute atomic E-state index is 0.0286. The van der Waals surface area contributed by atoms with E-state index in [9.17, 15) is 9.59 Å². The van der Waals surface area contributed by atoms with Gasteiger partial charge in [0.25, 0.3) is 5.91 Å². The molecule has 0 atom stereocenters. The molecule has 1 saturated carbocycles. The van der Waals surface area contributed by atoms with E-state index < -0.39 is 0 Å². The Hall–Kier alpha value is -2.82. The summed E-state index contributed by atoms with van der Waals surface area (Å²) >= 11 is 0. The molecule has 0 N–H and O–H groups in total. The van der Waals surface area contributed by atoms with Crippen molar-refractivity contribution in [1.82, 2.24) is 4.90 Å². The van der Waals surface area contributed by atoms with Crippen molar-refractivity contribution in [2.24, 2.45) is 0 Å². The van der Waals surface area contributed by atoms with E-state index >= 15 is 0 Å². The molecule has 5 nitrogen and oxygen atoms in total. The van der Waals surface area contributed by atoms with Gasteiger partial charge in [0.15, 0.2) is 6.61 Å². The van der Waals surface area contributed by atoms with Crippen molar-refractivity contribution in [3.8, 4) is 5.75 Å². The smallest absolute Gasteiger partial charge is 0.265 e. The van der Waals surface area contributed by atoms with Gasteiger partial charge in [-0.2, -0.15) is 0 Å². The van der Waals surface area contributed by atoms with Gasteiger partial charge in [-0.25, -0.2) is 0 Å². The maximum atomic E-state index is 12.9. The molecule has 0 bridgehead atoms. The van der Waals surface area contributed by atoms with Gasteiger partial charge in [-0.05, 0) is 37.5 Å². The van der Waals surface area contributed by atoms with E-state index in [1.165, 1.54) is 5.56 Å². The molecule has 2 amide bonds. The molecule has 2 aromatic carbocycles. The van der Waals surface area contributed by atoms with E-state index in [1.54, 1.807) is 4.90 Å². The van der Waals surface area contributed by atoms with Crippen LogP contribution in [0.1, 0.15) is 30.4 Å². The van der Waals surface area contributed by atoms with Crippen LogP contribution < -0.4 is 9.64 Å². The van der Waals surface area contributed by atoms with Crippen molar-refractivity contribution in [3.63, 3.8) is 0 Å². The normalized spacial score (nSPS) is 15.9. The van der Waals surface area contributed by atoms with Gasteiger partial charge in [0.2, 0.25) is 5.91 Å². The lowest BCUT2D eigenvalue weighted by atomic mass is 10.1. The van der Waals surface area contributed by atoms with E-state index in [2.05, 4.69) is 25.1 Å². The zero-order chi connectivity index (χ0) is 18.8. The molecule has 140 valence electrons. The highest BCUT2D eigenvalue weighted by molar-refractivity contribution is 5.98. The Balaban J connectivity index is 1.44. The second-order valence-electron chi connectivity index (χ2n) is 7.29. The first-order valence-corrected chi connectivity index (χ1v) is 9.49. The number of ether oxygens (including phenoxy) is 1. The number of benzene rings is 2. The van der Waals surface area contributed by atoms with Crippen LogP contribution in [-0.2, 0) is 16.1 Å². The SMILES string of the molecule is Cc1cccc(CN(C(=O)CCN2C(=O)COc3ccccc32)C2CC2)c1. The molecule has 0 saturated heterocycles. The summed E-state index contributed by atoms with van der Waals surface area (Å²) in [5.41, 5.74) is 3.10. The van der Waals surface area contributed by atoms with Gasteiger partial charge in [0.1, 0.15) is 5.75 Å². The first-order chi connectivity index (χ1) is 13.1. The first-order valence-electron chi connectivity index (χ1n) is 9.49. The molecule has 0 radical (unpaired) electrons. The fraction of sp³-hybridized carbons (Fsp3) is 0.364. The van der Waals surface area contributed by atoms with Crippen LogP contribution in [0.2, 0.25) is 0 Å². The van der Waals surface area contributed by atoms with E-state index in [0.717, 1.165) is 24.1 Å². The third kappa shape index (κ3) is 3.97. The number of hydrogen-bond donors (Lipinski definition) is 0. The highest BCUT2D eigenvalue weighted by atomic mass is 16.5. The summed E-state index contributed by atoms with van der Waals surface area (Å²) < 4.78 is 5.47. The van der Waals surface area contributed by atoms with E-state index in [1.807, 2.05) is 35.2 Å². The number of para-hydroxylation sites is 2. The fourth-order valence-electron chi connectivity index (χ4n) is 3.56. The summed E-state index contributed by atoms with van der Waals surface area (Å²) in [6.07, 6.45) is 2.45. The largest absolute Gasteiger partial charge is 0.482 e. The van der Waals surface area contributed by atoms with E-state index in [0.29, 0.717) is 31.3 Å². The third-order valence-electron chi connectivity index (χ3n) is 5.10. The first kappa shape index (κ1) is 17.6. The summed E-state index contributed by atoms with van der Waals surface area (Å²) in [5, 5.41) is 0. The summed E-state index contributed by atoms with van der Waals surface area (Å²) in [7, 11) is 0. The minimum Gasteiger partial charge on any atom is -0.482 e. The van der Waals surface area contributed by atoms with E-state index in [4.69, 9.17) is 4.74 Å². The average Bonchev–Trinajstić information content (AvgIpc) is 3.50. The minimum atomic E-state index is -0.0989. The molecule has 2 aliphatic rings. The quantitative estimate of drug-likeness (QED) is 0.790. The lowest BCUT2D eigenvalue weighted by Crippen LogP contribution is -2.42. The maximum absolute atomic E-state index is 12.9. The number of rotatable bonds is 6. The Morgan fingerprint density at radius 1 is 1.19 bits per heavy atom. The van der Waals surface area contributed by atoms with Crippen LogP contribution >= 0.6 is 0 Å². The number of aryl methyl sites for hydroxylation is 1. The van der Waals surface area contributed by atoms with Crippen LogP contribution in [0.4, 0.5) is 5.69 Å². The van der Waals surface area contributed by atoms with Gasteiger partial charge in [-0.3, -0.25) is 9.59 Å². The highest BCUT2D eigenvalue weighted by Crippen LogP contribution is 2.32. The molecule has 2 aromatic rings. The Morgan fingerprint density at radius 2 is 2.00 bits per heavy atom. The number of amides is 2. The molecule has 27 heavy (non-hydrogen) atoms. The number of anilines is 1. The molecule has 0 spiro atoms. The van der Waals surface area contributed by atoms with Gasteiger partial charge >= 0.3 is 0 Å². The second kappa shape index (κ2) is 7.43. The number of carbonyl (C=O) groups excluding carboxylic acids is 2. The Labute approximate surface area is 159 Å². The number of hydrogen-bond acceptors (Lipinski definition) is 3. The summed E-state index contributed by atoms with van der Waals surface area (Å²) in [6, 6.07) is 16.1. The molecule has 0 unspecified atom stereocenters. The van der Waals surface area contributed by atoms with Crippen LogP contribution in [-0.4, -0.2) is 35.9 Å². The molecular weight excluding hydrogens is 340 g/mol. The molecule has 1 aliphatic heterocycles. The number of carbonyl (C=O) groups is 2. The fourth-order valence-corrected chi connectivity index (χ4v) is 3.56. The number of fused-ring (bicyclic) bond motifs is 1. The summed E-state index contributed by atoms with van der Waals surface area (Å²) in [5.74, 6) is 0.706. The van der Waals surface area contributed by atoms with Crippen molar-refractivity contribution in [1.29, 1.82) is 0 Å². The van der Waals surface area contributed by atoms with E-state index in [-0.39, 0.29) is 18.4 Å². The summed E-state index contributed by atoms with van der Waals surface area (Å²) in [4.78, 5) is 28.9. The zero-order valence-corrected chi connectivity index (χ0v) is 15.6. The lowest BCUT2D eigenvalue weighted by Gasteiger charge is -2.30. The summed E-state index contributed by atoms with van der Waals surface area (Å²) in [6.45, 7) is 3.11. The van der Waals surface area contributed by atoms with Crippen LogP contribution in [0.25, 0.3) is 0 Å². The van der Waals surface area contributed by atoms with Gasteiger partial charge in [0.05, 0.1) is 5.69 Å². The molecule has 1 fully saturated rings.